The molecule has 0 aliphatic heterocycles. The Morgan fingerprint density at radius 3 is 2.73 bits per heavy atom. The first-order valence-electron chi connectivity index (χ1n) is 9.13. The fourth-order valence-electron chi connectivity index (χ4n) is 3.26. The molecule has 4 rings (SSSR count). The average Bonchev–Trinajstić information content (AvgIpc) is 2.92. The quantitative estimate of drug-likeness (QED) is 0.501. The normalized spacial score (nSPS) is 13.9. The van der Waals surface area contributed by atoms with Gasteiger partial charge in [-0.05, 0) is 44.7 Å². The highest BCUT2D eigenvalue weighted by Gasteiger charge is 2.17. The number of hydrogen-bond donors (Lipinski definition) is 2. The highest BCUT2D eigenvalue weighted by Crippen LogP contribution is 2.29. The van der Waals surface area contributed by atoms with Crippen LogP contribution in [0.3, 0.4) is 0 Å². The lowest BCUT2D eigenvalue weighted by molar-refractivity contribution is 0.708. The van der Waals surface area contributed by atoms with Crippen LogP contribution in [-0.4, -0.2) is 20.2 Å². The summed E-state index contributed by atoms with van der Waals surface area (Å²) in [5.41, 5.74) is 3.50. The number of aromatic nitrogens is 4. The number of rotatable bonds is 5. The molecule has 6 heteroatoms. The fraction of sp³-hybridized carbons (Fsp3) is 0.350. The van der Waals surface area contributed by atoms with Crippen LogP contribution in [0.1, 0.15) is 42.0 Å². The van der Waals surface area contributed by atoms with Gasteiger partial charge in [0.2, 0.25) is 0 Å². The number of anilines is 2. The molecule has 134 valence electrons. The SMILES string of the molecule is Cc1cc(Nc2nc(CSc3ccccc3)nc3c2CCCCC3)n[nH]1. The third-order valence-corrected chi connectivity index (χ3v) is 5.55. The standard InChI is InChI=1S/C20H23N5S/c1-14-12-18(25-24-14)22-20-16-10-6-3-7-11-17(16)21-19(23-20)13-26-15-8-4-2-5-9-15/h2,4-5,8-9,12H,3,6-7,10-11,13H2,1H3,(H2,21,22,23,24,25). The molecule has 0 saturated heterocycles. The smallest absolute Gasteiger partial charge is 0.153 e. The van der Waals surface area contributed by atoms with Crippen molar-refractivity contribution in [2.24, 2.45) is 0 Å². The minimum Gasteiger partial charge on any atom is -0.323 e. The summed E-state index contributed by atoms with van der Waals surface area (Å²) >= 11 is 1.77. The molecule has 0 spiro atoms. The summed E-state index contributed by atoms with van der Waals surface area (Å²) in [6.45, 7) is 2.00. The van der Waals surface area contributed by atoms with Crippen molar-refractivity contribution >= 4 is 23.4 Å². The van der Waals surface area contributed by atoms with E-state index in [1.54, 1.807) is 11.8 Å². The predicted octanol–water partition coefficient (Wildman–Crippen LogP) is 4.81. The number of aryl methyl sites for hydroxylation is 2. The van der Waals surface area contributed by atoms with Crippen LogP contribution in [0.5, 0.6) is 0 Å². The van der Waals surface area contributed by atoms with E-state index in [1.807, 2.05) is 19.1 Å². The summed E-state index contributed by atoms with van der Waals surface area (Å²) in [5.74, 6) is 3.39. The maximum absolute atomic E-state index is 4.90. The largest absolute Gasteiger partial charge is 0.323 e. The van der Waals surface area contributed by atoms with Crippen LogP contribution >= 0.6 is 11.8 Å². The molecule has 2 aromatic heterocycles. The second-order valence-corrected chi connectivity index (χ2v) is 7.69. The van der Waals surface area contributed by atoms with Gasteiger partial charge in [0.15, 0.2) is 5.82 Å². The molecular formula is C20H23N5S. The van der Waals surface area contributed by atoms with Crippen LogP contribution in [0, 0.1) is 6.92 Å². The van der Waals surface area contributed by atoms with Crippen molar-refractivity contribution in [2.75, 3.05) is 5.32 Å². The van der Waals surface area contributed by atoms with E-state index < -0.39 is 0 Å². The number of H-pyrrole nitrogens is 1. The van der Waals surface area contributed by atoms with Crippen LogP contribution in [-0.2, 0) is 18.6 Å². The number of nitrogens with one attached hydrogen (secondary N) is 2. The lowest BCUT2D eigenvalue weighted by atomic mass is 10.1. The van der Waals surface area contributed by atoms with Gasteiger partial charge in [0.1, 0.15) is 11.6 Å². The molecule has 1 aliphatic carbocycles. The van der Waals surface area contributed by atoms with Crippen LogP contribution in [0.15, 0.2) is 41.3 Å². The number of aromatic amines is 1. The molecule has 0 fully saturated rings. The molecule has 2 N–H and O–H groups in total. The minimum atomic E-state index is 0.769. The van der Waals surface area contributed by atoms with Gasteiger partial charge in [-0.25, -0.2) is 9.97 Å². The topological polar surface area (TPSA) is 66.5 Å². The molecule has 0 amide bonds. The summed E-state index contributed by atoms with van der Waals surface area (Å²) in [4.78, 5) is 11.0. The van der Waals surface area contributed by atoms with Crippen LogP contribution in [0.4, 0.5) is 11.6 Å². The van der Waals surface area contributed by atoms with E-state index in [0.29, 0.717) is 0 Å². The number of benzene rings is 1. The van der Waals surface area contributed by atoms with Crippen LogP contribution in [0.25, 0.3) is 0 Å². The lowest BCUT2D eigenvalue weighted by Crippen LogP contribution is -2.08. The van der Waals surface area contributed by atoms with Gasteiger partial charge in [0, 0.05) is 27.9 Å². The van der Waals surface area contributed by atoms with Gasteiger partial charge < -0.3 is 5.32 Å². The maximum Gasteiger partial charge on any atom is 0.153 e. The zero-order valence-corrected chi connectivity index (χ0v) is 15.8. The minimum absolute atomic E-state index is 0.769. The molecule has 0 unspecified atom stereocenters. The molecule has 26 heavy (non-hydrogen) atoms. The zero-order valence-electron chi connectivity index (χ0n) is 15.0. The average molecular weight is 366 g/mol. The molecule has 0 atom stereocenters. The van der Waals surface area contributed by atoms with Crippen molar-refractivity contribution in [3.05, 3.63) is 59.2 Å². The zero-order chi connectivity index (χ0) is 17.8. The van der Waals surface area contributed by atoms with Gasteiger partial charge in [-0.3, -0.25) is 5.10 Å². The van der Waals surface area contributed by atoms with Crippen molar-refractivity contribution < 1.29 is 0 Å². The molecular weight excluding hydrogens is 342 g/mol. The molecule has 1 aromatic carbocycles. The molecule has 3 aromatic rings. The second kappa shape index (κ2) is 7.91. The van der Waals surface area contributed by atoms with Gasteiger partial charge in [-0.2, -0.15) is 5.10 Å². The molecule has 2 heterocycles. The van der Waals surface area contributed by atoms with E-state index >= 15 is 0 Å². The molecule has 0 radical (unpaired) electrons. The fourth-order valence-corrected chi connectivity index (χ4v) is 4.03. The maximum atomic E-state index is 4.90. The van der Waals surface area contributed by atoms with Gasteiger partial charge in [0.25, 0.3) is 0 Å². The van der Waals surface area contributed by atoms with E-state index in [9.17, 15) is 0 Å². The molecule has 1 aliphatic rings. The molecule has 5 nitrogen and oxygen atoms in total. The van der Waals surface area contributed by atoms with E-state index in [-0.39, 0.29) is 0 Å². The molecule has 0 bridgehead atoms. The summed E-state index contributed by atoms with van der Waals surface area (Å²) in [5, 5.41) is 10.7. The van der Waals surface area contributed by atoms with Crippen molar-refractivity contribution in [1.29, 1.82) is 0 Å². The second-order valence-electron chi connectivity index (χ2n) is 6.64. The summed E-state index contributed by atoms with van der Waals surface area (Å²) in [6.07, 6.45) is 5.73. The van der Waals surface area contributed by atoms with E-state index in [4.69, 9.17) is 9.97 Å². The van der Waals surface area contributed by atoms with Gasteiger partial charge in [-0.15, -0.1) is 11.8 Å². The highest BCUT2D eigenvalue weighted by atomic mass is 32.2. The Bertz CT molecular complexity index is 875. The van der Waals surface area contributed by atoms with Crippen molar-refractivity contribution in [1.82, 2.24) is 20.2 Å². The van der Waals surface area contributed by atoms with Crippen molar-refractivity contribution in [3.63, 3.8) is 0 Å². The number of hydrogen-bond acceptors (Lipinski definition) is 5. The Morgan fingerprint density at radius 1 is 1.08 bits per heavy atom. The Kier molecular flexibility index (Phi) is 5.20. The Hall–Kier alpha value is -2.34. The van der Waals surface area contributed by atoms with Crippen LogP contribution in [0.2, 0.25) is 0 Å². The first-order valence-corrected chi connectivity index (χ1v) is 10.1. The van der Waals surface area contributed by atoms with Gasteiger partial charge in [-0.1, -0.05) is 24.6 Å². The van der Waals surface area contributed by atoms with Gasteiger partial charge in [0.05, 0.1) is 5.75 Å². The predicted molar refractivity (Wildman–Crippen MR) is 106 cm³/mol. The number of thioether (sulfide) groups is 1. The first kappa shape index (κ1) is 17.1. The van der Waals surface area contributed by atoms with Gasteiger partial charge >= 0.3 is 0 Å². The first-order chi connectivity index (χ1) is 12.8. The monoisotopic (exact) mass is 365 g/mol. The third-order valence-electron chi connectivity index (χ3n) is 4.54. The van der Waals surface area contributed by atoms with E-state index in [1.165, 1.54) is 35.4 Å². The third kappa shape index (κ3) is 4.07. The van der Waals surface area contributed by atoms with E-state index in [2.05, 4.69) is 39.8 Å². The highest BCUT2D eigenvalue weighted by molar-refractivity contribution is 7.98. The summed E-state index contributed by atoms with van der Waals surface area (Å²) in [7, 11) is 0. The summed E-state index contributed by atoms with van der Waals surface area (Å²) in [6, 6.07) is 12.4. The Morgan fingerprint density at radius 2 is 1.92 bits per heavy atom. The lowest BCUT2D eigenvalue weighted by Gasteiger charge is -2.14. The number of nitrogens with zero attached hydrogens (tertiary/aromatic N) is 3. The van der Waals surface area contributed by atoms with Crippen LogP contribution < -0.4 is 5.32 Å². The van der Waals surface area contributed by atoms with E-state index in [0.717, 1.165) is 41.7 Å². The molecule has 0 saturated carbocycles. The Labute approximate surface area is 158 Å². The van der Waals surface area contributed by atoms with Crippen molar-refractivity contribution in [3.8, 4) is 0 Å². The Balaban J connectivity index is 1.62. The summed E-state index contributed by atoms with van der Waals surface area (Å²) < 4.78 is 0. The number of fused-ring (bicyclic) bond motifs is 1. The van der Waals surface area contributed by atoms with Crippen molar-refractivity contribution in [2.45, 2.75) is 49.7 Å².